The molecule has 0 spiro atoms. The third kappa shape index (κ3) is 5.73. The zero-order chi connectivity index (χ0) is 24.8. The highest BCUT2D eigenvalue weighted by Gasteiger charge is 2.24. The molecule has 0 aliphatic heterocycles. The number of amides is 1. The summed E-state index contributed by atoms with van der Waals surface area (Å²) in [6.07, 6.45) is -0.304. The van der Waals surface area contributed by atoms with Gasteiger partial charge in [0.25, 0.3) is 5.91 Å². The maximum absolute atomic E-state index is 14.6. The molecule has 3 aromatic carbocycles. The van der Waals surface area contributed by atoms with Crippen molar-refractivity contribution in [3.63, 3.8) is 0 Å². The maximum atomic E-state index is 14.6. The molecule has 0 bridgehead atoms. The van der Waals surface area contributed by atoms with Crippen LogP contribution in [0.4, 0.5) is 4.39 Å². The molecule has 0 aliphatic rings. The van der Waals surface area contributed by atoms with E-state index in [0.717, 1.165) is 11.1 Å². The van der Waals surface area contributed by atoms with E-state index >= 15 is 0 Å². The highest BCUT2D eigenvalue weighted by atomic mass is 19.1. The molecule has 0 unspecified atom stereocenters. The van der Waals surface area contributed by atoms with Crippen molar-refractivity contribution in [3.8, 4) is 11.6 Å². The van der Waals surface area contributed by atoms with Gasteiger partial charge in [-0.3, -0.25) is 9.59 Å². The molecule has 178 valence electrons. The molecule has 35 heavy (non-hydrogen) atoms. The third-order valence-electron chi connectivity index (χ3n) is 5.47. The molecule has 4 rings (SSSR count). The van der Waals surface area contributed by atoms with Gasteiger partial charge in [-0.1, -0.05) is 66.7 Å². The van der Waals surface area contributed by atoms with Crippen molar-refractivity contribution in [2.24, 2.45) is 0 Å². The minimum absolute atomic E-state index is 0.0275. The molecule has 2 N–H and O–H groups in total. The third-order valence-corrected chi connectivity index (χ3v) is 5.47. The van der Waals surface area contributed by atoms with E-state index in [1.807, 2.05) is 49.4 Å². The summed E-state index contributed by atoms with van der Waals surface area (Å²) in [5.74, 6) is -2.01. The Morgan fingerprint density at radius 2 is 1.71 bits per heavy atom. The summed E-state index contributed by atoms with van der Waals surface area (Å²) >= 11 is 0. The van der Waals surface area contributed by atoms with Crippen molar-refractivity contribution in [1.82, 2.24) is 15.1 Å². The first kappa shape index (κ1) is 23.7. The van der Waals surface area contributed by atoms with Gasteiger partial charge >= 0.3 is 5.97 Å². The maximum Gasteiger partial charge on any atom is 0.305 e. The first-order valence-electron chi connectivity index (χ1n) is 11.0. The van der Waals surface area contributed by atoms with Gasteiger partial charge in [0.05, 0.1) is 12.5 Å². The van der Waals surface area contributed by atoms with Crippen molar-refractivity contribution in [2.75, 3.05) is 0 Å². The molecule has 8 heteroatoms. The number of aromatic nitrogens is 2. The van der Waals surface area contributed by atoms with Crippen molar-refractivity contribution in [2.45, 2.75) is 26.0 Å². The predicted molar refractivity (Wildman–Crippen MR) is 128 cm³/mol. The van der Waals surface area contributed by atoms with E-state index in [-0.39, 0.29) is 30.3 Å². The molecular formula is C27H24FN3O4. The molecule has 0 radical (unpaired) electrons. The molecule has 1 aromatic heterocycles. The zero-order valence-electron chi connectivity index (χ0n) is 19.0. The van der Waals surface area contributed by atoms with Gasteiger partial charge in [-0.15, -0.1) is 0 Å². The number of carboxylic acids is 1. The lowest BCUT2D eigenvalue weighted by atomic mass is 9.98. The second-order valence-electron chi connectivity index (χ2n) is 7.99. The van der Waals surface area contributed by atoms with Crippen molar-refractivity contribution >= 4 is 11.9 Å². The molecular weight excluding hydrogens is 449 g/mol. The summed E-state index contributed by atoms with van der Waals surface area (Å²) in [7, 11) is 0. The fraction of sp³-hybridized carbons (Fsp3) is 0.148. The lowest BCUT2D eigenvalue weighted by molar-refractivity contribution is -0.137. The van der Waals surface area contributed by atoms with E-state index < -0.39 is 23.7 Å². The molecule has 0 fully saturated rings. The van der Waals surface area contributed by atoms with Crippen LogP contribution in [0, 0.1) is 12.7 Å². The zero-order valence-corrected chi connectivity index (χ0v) is 19.0. The van der Waals surface area contributed by atoms with E-state index in [1.54, 1.807) is 24.3 Å². The average molecular weight is 474 g/mol. The fourth-order valence-electron chi connectivity index (χ4n) is 3.73. The van der Waals surface area contributed by atoms with E-state index in [2.05, 4.69) is 10.4 Å². The molecule has 1 atom stereocenters. The number of hydrogen-bond donors (Lipinski definition) is 2. The van der Waals surface area contributed by atoms with Gasteiger partial charge in [-0.2, -0.15) is 9.78 Å². The van der Waals surface area contributed by atoms with Crippen LogP contribution in [0.5, 0.6) is 5.88 Å². The number of para-hydroxylation sites is 1. The van der Waals surface area contributed by atoms with Crippen LogP contribution < -0.4 is 10.1 Å². The summed E-state index contributed by atoms with van der Waals surface area (Å²) in [6, 6.07) is 23.3. The van der Waals surface area contributed by atoms with Crippen LogP contribution in [-0.4, -0.2) is 26.8 Å². The Morgan fingerprint density at radius 3 is 2.43 bits per heavy atom. The average Bonchev–Trinajstić information content (AvgIpc) is 3.27. The summed E-state index contributed by atoms with van der Waals surface area (Å²) in [5.41, 5.74) is 2.52. The number of nitrogens with zero attached hydrogens (tertiary/aromatic N) is 2. The van der Waals surface area contributed by atoms with E-state index in [0.29, 0.717) is 5.56 Å². The Balaban J connectivity index is 1.65. The quantitative estimate of drug-likeness (QED) is 0.363. The van der Waals surface area contributed by atoms with Crippen LogP contribution in [0.2, 0.25) is 0 Å². The van der Waals surface area contributed by atoms with Crippen molar-refractivity contribution in [1.29, 1.82) is 0 Å². The van der Waals surface area contributed by atoms with Gasteiger partial charge in [0.15, 0.2) is 5.69 Å². The smallest absolute Gasteiger partial charge is 0.305 e. The van der Waals surface area contributed by atoms with Gasteiger partial charge in [0.2, 0.25) is 5.88 Å². The Hall–Kier alpha value is -4.46. The fourth-order valence-corrected chi connectivity index (χ4v) is 3.73. The minimum atomic E-state index is -1.05. The lowest BCUT2D eigenvalue weighted by Gasteiger charge is -2.18. The number of aryl methyl sites for hydroxylation is 1. The first-order valence-corrected chi connectivity index (χ1v) is 11.0. The molecule has 0 saturated heterocycles. The van der Waals surface area contributed by atoms with Crippen molar-refractivity contribution < 1.29 is 23.8 Å². The number of ether oxygens (including phenoxy) is 1. The normalized spacial score (nSPS) is 11.6. The van der Waals surface area contributed by atoms with E-state index in [1.165, 1.54) is 22.9 Å². The summed E-state index contributed by atoms with van der Waals surface area (Å²) in [4.78, 5) is 24.6. The number of carboxylic acid groups (broad SMARTS) is 1. The Kier molecular flexibility index (Phi) is 7.21. The lowest BCUT2D eigenvalue weighted by Crippen LogP contribution is -2.31. The number of aliphatic carboxylic acids is 1. The topological polar surface area (TPSA) is 93.5 Å². The highest BCUT2D eigenvalue weighted by molar-refractivity contribution is 5.93. The highest BCUT2D eigenvalue weighted by Crippen LogP contribution is 2.25. The molecule has 7 nitrogen and oxygen atoms in total. The molecule has 0 saturated carbocycles. The minimum Gasteiger partial charge on any atom is -0.481 e. The number of nitrogens with one attached hydrogen (secondary N) is 1. The number of carbonyl (C=O) groups is 2. The second-order valence-corrected chi connectivity index (χ2v) is 7.99. The SMILES string of the molecule is Cc1ccccc1[C@H](CC(=O)O)NC(=O)c1cc(OCc2ccccc2)n(-c2ccccc2F)n1. The Labute approximate surface area is 201 Å². The number of hydrogen-bond acceptors (Lipinski definition) is 4. The summed E-state index contributed by atoms with van der Waals surface area (Å²) in [6.45, 7) is 2.03. The molecule has 1 amide bonds. The monoisotopic (exact) mass is 473 g/mol. The standard InChI is InChI=1S/C27H24FN3O4/c1-18-9-5-6-12-20(18)22(16-26(32)33)29-27(34)23-15-25(35-17-19-10-3-2-4-11-19)31(30-23)24-14-8-7-13-21(24)28/h2-15,22H,16-17H2,1H3,(H,29,34)(H,32,33)/t22-/m0/s1. The van der Waals surface area contributed by atoms with Gasteiger partial charge in [0, 0.05) is 6.07 Å². The van der Waals surface area contributed by atoms with Crippen LogP contribution in [0.15, 0.2) is 84.9 Å². The number of rotatable bonds is 9. The van der Waals surface area contributed by atoms with Crippen LogP contribution >= 0.6 is 0 Å². The summed E-state index contributed by atoms with van der Waals surface area (Å²) < 4.78 is 21.7. The second kappa shape index (κ2) is 10.6. The molecule has 4 aromatic rings. The number of benzene rings is 3. The number of carbonyl (C=O) groups excluding carboxylic acids is 1. The van der Waals surface area contributed by atoms with Crippen LogP contribution in [0.3, 0.4) is 0 Å². The van der Waals surface area contributed by atoms with E-state index in [4.69, 9.17) is 4.74 Å². The van der Waals surface area contributed by atoms with Crippen molar-refractivity contribution in [3.05, 3.63) is 113 Å². The Morgan fingerprint density at radius 1 is 1.03 bits per heavy atom. The van der Waals surface area contributed by atoms with Crippen LogP contribution in [-0.2, 0) is 11.4 Å². The van der Waals surface area contributed by atoms with Gasteiger partial charge in [-0.05, 0) is 35.7 Å². The van der Waals surface area contributed by atoms with Gasteiger partial charge in [-0.25, -0.2) is 4.39 Å². The van der Waals surface area contributed by atoms with E-state index in [9.17, 15) is 19.1 Å². The van der Waals surface area contributed by atoms with Crippen LogP contribution in [0.25, 0.3) is 5.69 Å². The first-order chi connectivity index (χ1) is 16.9. The Bertz CT molecular complexity index is 1340. The summed E-state index contributed by atoms with van der Waals surface area (Å²) in [5, 5.41) is 16.4. The van der Waals surface area contributed by atoms with Gasteiger partial charge in [0.1, 0.15) is 18.1 Å². The predicted octanol–water partition coefficient (Wildman–Crippen LogP) is 4.84. The number of halogens is 1. The van der Waals surface area contributed by atoms with Gasteiger partial charge < -0.3 is 15.2 Å². The molecule has 1 heterocycles. The largest absolute Gasteiger partial charge is 0.481 e. The molecule has 0 aliphatic carbocycles. The van der Waals surface area contributed by atoms with Crippen LogP contribution in [0.1, 0.15) is 39.6 Å².